The first-order valence-corrected chi connectivity index (χ1v) is 5.85. The van der Waals surface area contributed by atoms with Crippen molar-refractivity contribution in [3.8, 4) is 0 Å². The summed E-state index contributed by atoms with van der Waals surface area (Å²) in [7, 11) is 0. The Morgan fingerprint density at radius 1 is 1.12 bits per heavy atom. The van der Waals surface area contributed by atoms with Crippen LogP contribution in [-0.4, -0.2) is 27.7 Å². The second kappa shape index (κ2) is 4.62. The molecule has 2 radical (unpaired) electrons. The van der Waals surface area contributed by atoms with Crippen LogP contribution in [0, 0.1) is 0 Å². The van der Waals surface area contributed by atoms with Gasteiger partial charge in [0.15, 0.2) is 0 Å². The van der Waals surface area contributed by atoms with E-state index < -0.39 is 21.6 Å². The van der Waals surface area contributed by atoms with Gasteiger partial charge in [0.2, 0.25) is 0 Å². The molecule has 0 spiro atoms. The first-order valence-electron chi connectivity index (χ1n) is 3.04. The summed E-state index contributed by atoms with van der Waals surface area (Å²) in [5, 5.41) is 0. The summed E-state index contributed by atoms with van der Waals surface area (Å²) in [5.74, 6) is 0. The number of hydrogen-bond acceptors (Lipinski definition) is 1. The Balaban J connectivity index is 2.93. The van der Waals surface area contributed by atoms with Crippen LogP contribution in [0.2, 0.25) is 3.93 Å². The molecule has 0 aromatic rings. The van der Waals surface area contributed by atoms with Crippen molar-refractivity contribution in [2.45, 2.75) is 37.7 Å². The third kappa shape index (κ3) is 6.76. The van der Waals surface area contributed by atoms with Crippen molar-refractivity contribution in [1.29, 1.82) is 0 Å². The van der Waals surface area contributed by atoms with E-state index in [-0.39, 0.29) is 0 Å². The van der Waals surface area contributed by atoms with Gasteiger partial charge >= 0.3 is 62.4 Å². The maximum atomic E-state index is 5.47. The van der Waals surface area contributed by atoms with E-state index in [2.05, 4.69) is 27.7 Å². The standard InChI is InChI=1S/C3H7O.C3H7.Sn/c1-3(2)4;1-3-2;/h3H,1-2H3;3H,1-2H3;/q-1;;+1. The van der Waals surface area contributed by atoms with Crippen LogP contribution in [0.3, 0.4) is 0 Å². The molecule has 8 heavy (non-hydrogen) atoms. The van der Waals surface area contributed by atoms with Crippen LogP contribution in [0.15, 0.2) is 0 Å². The predicted octanol–water partition coefficient (Wildman–Crippen LogP) is 1.86. The molecule has 0 N–H and O–H groups in total. The predicted molar refractivity (Wildman–Crippen MR) is 37.1 cm³/mol. The zero-order chi connectivity index (χ0) is 6.57. The molecule has 0 aliphatic heterocycles. The first kappa shape index (κ1) is 8.76. The van der Waals surface area contributed by atoms with Gasteiger partial charge in [-0.2, -0.15) is 0 Å². The molecule has 0 rings (SSSR count). The number of rotatable bonds is 3. The Kier molecular flexibility index (Phi) is 5.06. The number of hydrogen-bond donors (Lipinski definition) is 0. The molecule has 0 aliphatic carbocycles. The second-order valence-electron chi connectivity index (χ2n) is 2.44. The summed E-state index contributed by atoms with van der Waals surface area (Å²) in [6.07, 6.45) is 0.462. The normalized spacial score (nSPS) is 11.2. The molecule has 0 aromatic heterocycles. The summed E-state index contributed by atoms with van der Waals surface area (Å²) in [5.41, 5.74) is 0. The van der Waals surface area contributed by atoms with Gasteiger partial charge in [0.05, 0.1) is 0 Å². The molecule has 0 bridgehead atoms. The first-order chi connectivity index (χ1) is 3.63. The van der Waals surface area contributed by atoms with Gasteiger partial charge in [-0.1, -0.05) is 0 Å². The third-order valence-electron chi connectivity index (χ3n) is 0.539. The van der Waals surface area contributed by atoms with Crippen molar-refractivity contribution in [3.05, 3.63) is 0 Å². The van der Waals surface area contributed by atoms with E-state index in [4.69, 9.17) is 3.07 Å². The van der Waals surface area contributed by atoms with Crippen molar-refractivity contribution in [2.75, 3.05) is 0 Å². The van der Waals surface area contributed by atoms with Gasteiger partial charge < -0.3 is 0 Å². The average molecular weight is 221 g/mol. The molecule has 48 valence electrons. The van der Waals surface area contributed by atoms with Crippen molar-refractivity contribution < 1.29 is 3.07 Å². The van der Waals surface area contributed by atoms with E-state index in [0.29, 0.717) is 6.10 Å². The van der Waals surface area contributed by atoms with Gasteiger partial charge in [0.1, 0.15) is 0 Å². The van der Waals surface area contributed by atoms with Crippen molar-refractivity contribution in [3.63, 3.8) is 0 Å². The fourth-order valence-electron chi connectivity index (χ4n) is 0.272. The van der Waals surface area contributed by atoms with E-state index >= 15 is 0 Å². The average Bonchev–Trinajstić information content (AvgIpc) is 1.61. The zero-order valence-electron chi connectivity index (χ0n) is 6.06. The molecule has 0 aliphatic rings. The Morgan fingerprint density at radius 3 is 1.75 bits per heavy atom. The fraction of sp³-hybridized carbons (Fsp3) is 1.00. The van der Waals surface area contributed by atoms with E-state index in [1.807, 2.05) is 0 Å². The van der Waals surface area contributed by atoms with Crippen molar-refractivity contribution in [2.24, 2.45) is 0 Å². The molecule has 0 aromatic carbocycles. The quantitative estimate of drug-likeness (QED) is 0.660. The summed E-state index contributed by atoms with van der Waals surface area (Å²) < 4.78 is 6.31. The maximum absolute atomic E-state index is 5.47. The molecular formula is C6H14OSn. The van der Waals surface area contributed by atoms with Gasteiger partial charge in [0.25, 0.3) is 0 Å². The van der Waals surface area contributed by atoms with Crippen LogP contribution in [0.25, 0.3) is 0 Å². The van der Waals surface area contributed by atoms with Crippen LogP contribution < -0.4 is 0 Å². The molecule has 0 unspecified atom stereocenters. The van der Waals surface area contributed by atoms with Crippen molar-refractivity contribution in [1.82, 2.24) is 0 Å². The Labute approximate surface area is 62.6 Å². The molecule has 0 atom stereocenters. The van der Waals surface area contributed by atoms with Gasteiger partial charge in [-0.3, -0.25) is 0 Å². The molecule has 2 heteroatoms. The molecule has 0 fully saturated rings. The van der Waals surface area contributed by atoms with Crippen LogP contribution >= 0.6 is 0 Å². The SMILES string of the molecule is CC(C)[O][Sn][CH](C)C. The fourth-order valence-corrected chi connectivity index (χ4v) is 1.83. The Bertz CT molecular complexity index is 44.5. The molecule has 1 nitrogen and oxygen atoms in total. The third-order valence-corrected chi connectivity index (χ3v) is 3.62. The molecule has 0 saturated carbocycles. The Hall–Kier alpha value is 0.759. The van der Waals surface area contributed by atoms with E-state index in [0.717, 1.165) is 3.93 Å². The topological polar surface area (TPSA) is 9.23 Å². The summed E-state index contributed by atoms with van der Waals surface area (Å²) in [4.78, 5) is 0. The monoisotopic (exact) mass is 222 g/mol. The zero-order valence-corrected chi connectivity index (χ0v) is 8.92. The van der Waals surface area contributed by atoms with E-state index in [1.165, 1.54) is 0 Å². The van der Waals surface area contributed by atoms with Crippen LogP contribution in [-0.2, 0) is 3.07 Å². The minimum atomic E-state index is -0.445. The molecular weight excluding hydrogens is 207 g/mol. The second-order valence-corrected chi connectivity index (χ2v) is 7.08. The van der Waals surface area contributed by atoms with Gasteiger partial charge in [0, 0.05) is 0 Å². The minimum absolute atomic E-state index is 0.445. The van der Waals surface area contributed by atoms with Gasteiger partial charge in [-0.25, -0.2) is 0 Å². The molecule has 0 heterocycles. The molecule has 0 amide bonds. The van der Waals surface area contributed by atoms with Crippen molar-refractivity contribution >= 4 is 21.6 Å². The summed E-state index contributed by atoms with van der Waals surface area (Å²) in [6, 6.07) is 0. The van der Waals surface area contributed by atoms with Crippen LogP contribution in [0.5, 0.6) is 0 Å². The van der Waals surface area contributed by atoms with E-state index in [9.17, 15) is 0 Å². The molecule has 0 saturated heterocycles. The summed E-state index contributed by atoms with van der Waals surface area (Å²) in [6.45, 7) is 8.66. The van der Waals surface area contributed by atoms with E-state index in [1.54, 1.807) is 0 Å². The van der Waals surface area contributed by atoms with Crippen LogP contribution in [0.4, 0.5) is 0 Å². The van der Waals surface area contributed by atoms with Crippen LogP contribution in [0.1, 0.15) is 27.7 Å². The Morgan fingerprint density at radius 2 is 1.62 bits per heavy atom. The van der Waals surface area contributed by atoms with Gasteiger partial charge in [-0.15, -0.1) is 0 Å². The summed E-state index contributed by atoms with van der Waals surface area (Å²) >= 11 is -0.445. The van der Waals surface area contributed by atoms with Gasteiger partial charge in [-0.05, 0) is 0 Å².